The average Bonchev–Trinajstić information content (AvgIpc) is 1.68. The van der Waals surface area contributed by atoms with Gasteiger partial charge >= 0.3 is 53.0 Å². The molecular formula is C5H13AsO. The van der Waals surface area contributed by atoms with Crippen LogP contribution in [0.15, 0.2) is 0 Å². The van der Waals surface area contributed by atoms with E-state index in [9.17, 15) is 0 Å². The Morgan fingerprint density at radius 1 is 1.71 bits per heavy atom. The number of rotatable bonds is 3. The van der Waals surface area contributed by atoms with Crippen LogP contribution < -0.4 is 0 Å². The molecule has 0 aromatic rings. The van der Waals surface area contributed by atoms with Gasteiger partial charge in [0.15, 0.2) is 0 Å². The van der Waals surface area contributed by atoms with Crippen molar-refractivity contribution in [2.24, 2.45) is 0 Å². The molecule has 2 atom stereocenters. The minimum atomic E-state index is 0.369. The van der Waals surface area contributed by atoms with Crippen LogP contribution in [0.25, 0.3) is 0 Å². The van der Waals surface area contributed by atoms with Gasteiger partial charge in [-0.2, -0.15) is 0 Å². The molecule has 1 N–H and O–H groups in total. The molecule has 0 rings (SSSR count). The van der Waals surface area contributed by atoms with Crippen molar-refractivity contribution in [3.8, 4) is 0 Å². The summed E-state index contributed by atoms with van der Waals surface area (Å²) < 4.78 is 0.567. The van der Waals surface area contributed by atoms with Gasteiger partial charge in [0.2, 0.25) is 0 Å². The van der Waals surface area contributed by atoms with Crippen LogP contribution in [0.4, 0.5) is 0 Å². The van der Waals surface area contributed by atoms with Gasteiger partial charge in [-0.1, -0.05) is 0 Å². The molecule has 7 heavy (non-hydrogen) atoms. The summed E-state index contributed by atoms with van der Waals surface area (Å²) >= 11 is 1.65. The Morgan fingerprint density at radius 2 is 2.29 bits per heavy atom. The van der Waals surface area contributed by atoms with Crippen LogP contribution in [-0.4, -0.2) is 28.6 Å². The summed E-state index contributed by atoms with van der Waals surface area (Å²) in [5.74, 6) is 0. The third kappa shape index (κ3) is 4.37. The normalized spacial score (nSPS) is 14.1. The minimum absolute atomic E-state index is 0.369. The van der Waals surface area contributed by atoms with Gasteiger partial charge in [-0.15, -0.1) is 0 Å². The number of hydrogen-bond acceptors (Lipinski definition) is 1. The van der Waals surface area contributed by atoms with Gasteiger partial charge in [0.05, 0.1) is 0 Å². The van der Waals surface area contributed by atoms with E-state index in [4.69, 9.17) is 5.11 Å². The first-order valence-corrected chi connectivity index (χ1v) is 4.07. The van der Waals surface area contributed by atoms with E-state index in [1.807, 2.05) is 0 Å². The Morgan fingerprint density at radius 3 is 2.43 bits per heavy atom. The van der Waals surface area contributed by atoms with Crippen molar-refractivity contribution >= 4 is 16.9 Å². The summed E-state index contributed by atoms with van der Waals surface area (Å²) in [6.07, 6.45) is 2.37. The van der Waals surface area contributed by atoms with E-state index in [0.717, 1.165) is 0 Å². The fraction of sp³-hybridized carbons (Fsp3) is 1.00. The quantitative estimate of drug-likeness (QED) is 0.591. The summed E-state index contributed by atoms with van der Waals surface area (Å²) in [6, 6.07) is 0. The molecule has 0 saturated heterocycles. The summed E-state index contributed by atoms with van der Waals surface area (Å²) in [6.45, 7) is 2.51. The van der Waals surface area contributed by atoms with Crippen molar-refractivity contribution in [2.45, 2.75) is 24.5 Å². The Hall–Kier alpha value is 0.518. The van der Waals surface area contributed by atoms with Gasteiger partial charge in [-0.3, -0.25) is 0 Å². The van der Waals surface area contributed by atoms with Crippen molar-refractivity contribution < 1.29 is 5.11 Å². The standard InChI is InChI=1S/C5H13AsO/c1-2-3-5(6)4-7/h5,7H,2-4,6H2,1H3/t5-/m1/s1. The van der Waals surface area contributed by atoms with Crippen molar-refractivity contribution in [3.63, 3.8) is 0 Å². The molecule has 0 fully saturated rings. The third-order valence-corrected chi connectivity index (χ3v) is 2.04. The van der Waals surface area contributed by atoms with Crippen LogP contribution in [0, 0.1) is 0 Å². The molecule has 0 radical (unpaired) electrons. The van der Waals surface area contributed by atoms with Crippen molar-refractivity contribution in [1.82, 2.24) is 0 Å². The van der Waals surface area contributed by atoms with Gasteiger partial charge < -0.3 is 0 Å². The number of aliphatic hydroxyl groups is 1. The molecule has 0 aromatic carbocycles. The van der Waals surface area contributed by atoms with E-state index < -0.39 is 0 Å². The zero-order chi connectivity index (χ0) is 5.70. The van der Waals surface area contributed by atoms with Crippen LogP contribution in [0.2, 0.25) is 4.71 Å². The predicted molar refractivity (Wildman–Crippen MR) is 34.3 cm³/mol. The van der Waals surface area contributed by atoms with Crippen LogP contribution >= 0.6 is 0 Å². The van der Waals surface area contributed by atoms with E-state index >= 15 is 0 Å². The molecule has 0 saturated carbocycles. The molecule has 0 aliphatic carbocycles. The molecule has 0 amide bonds. The first-order chi connectivity index (χ1) is 3.31. The molecule has 1 unspecified atom stereocenters. The molecule has 0 aliphatic heterocycles. The van der Waals surface area contributed by atoms with Crippen LogP contribution in [0.5, 0.6) is 0 Å². The van der Waals surface area contributed by atoms with Gasteiger partial charge in [0, 0.05) is 0 Å². The maximum atomic E-state index is 8.48. The van der Waals surface area contributed by atoms with Gasteiger partial charge in [-0.25, -0.2) is 0 Å². The van der Waals surface area contributed by atoms with Gasteiger partial charge in [-0.05, 0) is 0 Å². The summed E-state index contributed by atoms with van der Waals surface area (Å²) in [5.41, 5.74) is 0. The van der Waals surface area contributed by atoms with Crippen LogP contribution in [-0.2, 0) is 0 Å². The molecular weight excluding hydrogens is 151 g/mol. The molecule has 0 aliphatic rings. The molecule has 2 heteroatoms. The van der Waals surface area contributed by atoms with E-state index in [0.29, 0.717) is 11.3 Å². The Balaban J connectivity index is 2.83. The van der Waals surface area contributed by atoms with Crippen LogP contribution in [0.1, 0.15) is 19.8 Å². The second kappa shape index (κ2) is 4.67. The maximum absolute atomic E-state index is 8.48. The zero-order valence-corrected chi connectivity index (χ0v) is 7.15. The molecule has 44 valence electrons. The molecule has 0 spiro atoms. The monoisotopic (exact) mass is 164 g/mol. The second-order valence-corrected chi connectivity index (χ2v) is 3.71. The van der Waals surface area contributed by atoms with E-state index in [-0.39, 0.29) is 0 Å². The van der Waals surface area contributed by atoms with Crippen LogP contribution in [0.3, 0.4) is 0 Å². The van der Waals surface area contributed by atoms with Gasteiger partial charge in [0.1, 0.15) is 0 Å². The zero-order valence-electron chi connectivity index (χ0n) is 4.72. The predicted octanol–water partition coefficient (Wildman–Crippen LogP) is 0.200. The molecule has 0 bridgehead atoms. The topological polar surface area (TPSA) is 20.2 Å². The average molecular weight is 164 g/mol. The summed E-state index contributed by atoms with van der Waals surface area (Å²) in [7, 11) is 0. The van der Waals surface area contributed by atoms with E-state index in [2.05, 4.69) is 6.92 Å². The summed E-state index contributed by atoms with van der Waals surface area (Å²) in [5, 5.41) is 8.48. The van der Waals surface area contributed by atoms with E-state index in [1.54, 1.807) is 16.9 Å². The van der Waals surface area contributed by atoms with Crippen molar-refractivity contribution in [2.75, 3.05) is 6.61 Å². The molecule has 0 heterocycles. The first kappa shape index (κ1) is 7.52. The Bertz CT molecular complexity index is 39.1. The third-order valence-electron chi connectivity index (χ3n) is 0.894. The molecule has 0 aromatic heterocycles. The summed E-state index contributed by atoms with van der Waals surface area (Å²) in [4.78, 5) is 0. The SMILES string of the molecule is CCC[C@@H]([AsH2])CO. The fourth-order valence-electron chi connectivity index (χ4n) is 0.462. The van der Waals surface area contributed by atoms with E-state index in [1.165, 1.54) is 12.8 Å². The van der Waals surface area contributed by atoms with Gasteiger partial charge in [0.25, 0.3) is 0 Å². The Kier molecular flexibility index (Phi) is 5.02. The molecule has 1 nitrogen and oxygen atoms in total. The number of aliphatic hydroxyl groups excluding tert-OH is 1. The first-order valence-electron chi connectivity index (χ1n) is 2.67. The van der Waals surface area contributed by atoms with Crippen molar-refractivity contribution in [1.29, 1.82) is 0 Å². The second-order valence-electron chi connectivity index (χ2n) is 1.73. The fourth-order valence-corrected chi connectivity index (χ4v) is 1.16. The van der Waals surface area contributed by atoms with Crippen molar-refractivity contribution in [3.05, 3.63) is 0 Å². The number of hydrogen-bond donors (Lipinski definition) is 1. The Labute approximate surface area is 53.6 Å².